The summed E-state index contributed by atoms with van der Waals surface area (Å²) in [5.74, 6) is -0.694. The predicted octanol–water partition coefficient (Wildman–Crippen LogP) is 4.40. The number of furan rings is 1. The van der Waals surface area contributed by atoms with Crippen molar-refractivity contribution in [2.75, 3.05) is 5.32 Å². The summed E-state index contributed by atoms with van der Waals surface area (Å²) in [7, 11) is 0. The van der Waals surface area contributed by atoms with Crippen LogP contribution in [0.15, 0.2) is 63.7 Å². The third-order valence-corrected chi connectivity index (χ3v) is 5.16. The Labute approximate surface area is 169 Å². The molecule has 0 atom stereocenters. The number of imide groups is 1. The van der Waals surface area contributed by atoms with Gasteiger partial charge in [0.2, 0.25) is 0 Å². The summed E-state index contributed by atoms with van der Waals surface area (Å²) in [6.07, 6.45) is 1.49. The van der Waals surface area contributed by atoms with E-state index in [0.29, 0.717) is 17.0 Å². The van der Waals surface area contributed by atoms with Gasteiger partial charge < -0.3 is 9.73 Å². The number of carbonyl (C=O) groups excluding carboxylic acids is 3. The van der Waals surface area contributed by atoms with Crippen molar-refractivity contribution in [2.45, 2.75) is 13.5 Å². The first-order valence-electron chi connectivity index (χ1n) is 8.54. The largest absolute Gasteiger partial charge is 0.467 e. The van der Waals surface area contributed by atoms with Gasteiger partial charge in [-0.25, -0.2) is 0 Å². The normalized spacial score (nSPS) is 13.0. The van der Waals surface area contributed by atoms with Crippen LogP contribution in [0, 0.1) is 6.92 Å². The van der Waals surface area contributed by atoms with Crippen molar-refractivity contribution in [1.82, 2.24) is 4.90 Å². The molecule has 4 rings (SSSR count). The number of amides is 3. The van der Waals surface area contributed by atoms with E-state index < -0.39 is 11.8 Å². The smallest absolute Gasteiger partial charge is 0.261 e. The van der Waals surface area contributed by atoms with Gasteiger partial charge in [0.1, 0.15) is 5.76 Å². The maximum absolute atomic E-state index is 12.7. The number of halogens is 1. The van der Waals surface area contributed by atoms with Crippen molar-refractivity contribution in [3.8, 4) is 0 Å². The molecule has 0 saturated carbocycles. The number of aryl methyl sites for hydroxylation is 1. The summed E-state index contributed by atoms with van der Waals surface area (Å²) < 4.78 is 5.99. The fourth-order valence-corrected chi connectivity index (χ4v) is 3.64. The molecule has 1 aliphatic heterocycles. The zero-order valence-electron chi connectivity index (χ0n) is 14.9. The zero-order chi connectivity index (χ0) is 19.8. The van der Waals surface area contributed by atoms with E-state index in [4.69, 9.17) is 4.42 Å². The lowest BCUT2D eigenvalue weighted by Gasteiger charge is -2.11. The molecule has 3 amide bonds. The number of hydrogen-bond acceptors (Lipinski definition) is 4. The van der Waals surface area contributed by atoms with Gasteiger partial charge in [-0.15, -0.1) is 0 Å². The first kappa shape index (κ1) is 18.2. The highest BCUT2D eigenvalue weighted by Gasteiger charge is 2.36. The number of anilines is 1. The van der Waals surface area contributed by atoms with Gasteiger partial charge in [-0.1, -0.05) is 6.07 Å². The van der Waals surface area contributed by atoms with E-state index in [-0.39, 0.29) is 23.6 Å². The Balaban J connectivity index is 1.58. The van der Waals surface area contributed by atoms with Crippen molar-refractivity contribution >= 4 is 39.3 Å². The topological polar surface area (TPSA) is 79.6 Å². The lowest BCUT2D eigenvalue weighted by Crippen LogP contribution is -2.28. The van der Waals surface area contributed by atoms with Crippen LogP contribution in [0.4, 0.5) is 5.69 Å². The molecule has 0 saturated heterocycles. The van der Waals surface area contributed by atoms with Gasteiger partial charge in [-0.2, -0.15) is 0 Å². The predicted molar refractivity (Wildman–Crippen MR) is 106 cm³/mol. The molecule has 0 spiro atoms. The first-order valence-corrected chi connectivity index (χ1v) is 9.33. The van der Waals surface area contributed by atoms with Crippen molar-refractivity contribution in [3.63, 3.8) is 0 Å². The molecule has 2 aromatic carbocycles. The van der Waals surface area contributed by atoms with Crippen LogP contribution in [0.25, 0.3) is 0 Å². The summed E-state index contributed by atoms with van der Waals surface area (Å²) >= 11 is 3.42. The number of rotatable bonds is 4. The number of carbonyl (C=O) groups is 3. The van der Waals surface area contributed by atoms with E-state index in [9.17, 15) is 14.4 Å². The van der Waals surface area contributed by atoms with Gasteiger partial charge >= 0.3 is 0 Å². The van der Waals surface area contributed by atoms with E-state index in [1.807, 2.05) is 19.1 Å². The first-order chi connectivity index (χ1) is 13.4. The Morgan fingerprint density at radius 2 is 1.86 bits per heavy atom. The second-order valence-corrected chi connectivity index (χ2v) is 7.33. The minimum atomic E-state index is -0.442. The summed E-state index contributed by atoms with van der Waals surface area (Å²) in [5.41, 5.74) is 2.48. The highest BCUT2D eigenvalue weighted by atomic mass is 79.9. The highest BCUT2D eigenvalue weighted by molar-refractivity contribution is 9.10. The molecule has 1 N–H and O–H groups in total. The number of nitrogens with one attached hydrogen (secondary N) is 1. The number of fused-ring (bicyclic) bond motifs is 1. The zero-order valence-corrected chi connectivity index (χ0v) is 16.4. The molecule has 3 aromatic rings. The Bertz CT molecular complexity index is 1110. The quantitative estimate of drug-likeness (QED) is 0.612. The van der Waals surface area contributed by atoms with Crippen LogP contribution in [0.2, 0.25) is 0 Å². The Kier molecular flexibility index (Phi) is 4.60. The van der Waals surface area contributed by atoms with Crippen molar-refractivity contribution in [3.05, 3.63) is 87.3 Å². The molecule has 140 valence electrons. The summed E-state index contributed by atoms with van der Waals surface area (Å²) in [4.78, 5) is 39.0. The van der Waals surface area contributed by atoms with E-state index in [2.05, 4.69) is 21.2 Å². The number of benzene rings is 2. The monoisotopic (exact) mass is 438 g/mol. The summed E-state index contributed by atoms with van der Waals surface area (Å²) in [5, 5.41) is 2.81. The third kappa shape index (κ3) is 3.25. The Morgan fingerprint density at radius 1 is 1.07 bits per heavy atom. The van der Waals surface area contributed by atoms with Gasteiger partial charge in [0.25, 0.3) is 17.7 Å². The molecule has 1 aliphatic rings. The molecule has 0 radical (unpaired) electrons. The lowest BCUT2D eigenvalue weighted by atomic mass is 10.1. The lowest BCUT2D eigenvalue weighted by molar-refractivity contribution is 0.0631. The third-order valence-electron chi connectivity index (χ3n) is 4.50. The summed E-state index contributed by atoms with van der Waals surface area (Å²) in [6, 6.07) is 13.5. The fraction of sp³-hybridized carbons (Fsp3) is 0.0952. The van der Waals surface area contributed by atoms with Crippen molar-refractivity contribution < 1.29 is 18.8 Å². The average Bonchev–Trinajstić information content (AvgIpc) is 3.27. The standard InChI is InChI=1S/C21H15BrN2O4/c1-12-4-7-18(17(22)9-12)23-19(25)13-5-6-15-16(10-13)21(27)24(20(15)26)11-14-3-2-8-28-14/h2-10H,11H2,1H3,(H,23,25). The molecule has 2 heterocycles. The maximum Gasteiger partial charge on any atom is 0.261 e. The maximum atomic E-state index is 12.7. The molecule has 28 heavy (non-hydrogen) atoms. The van der Waals surface area contributed by atoms with Gasteiger partial charge in [-0.05, 0) is 70.9 Å². The molecule has 0 fully saturated rings. The highest BCUT2D eigenvalue weighted by Crippen LogP contribution is 2.27. The van der Waals surface area contributed by atoms with Crippen LogP contribution in [0.3, 0.4) is 0 Å². The van der Waals surface area contributed by atoms with Crippen molar-refractivity contribution in [2.24, 2.45) is 0 Å². The van der Waals surface area contributed by atoms with Crippen molar-refractivity contribution in [1.29, 1.82) is 0 Å². The SMILES string of the molecule is Cc1ccc(NC(=O)c2ccc3c(c2)C(=O)N(Cc2ccco2)C3=O)c(Br)c1. The molecule has 0 aliphatic carbocycles. The summed E-state index contributed by atoms with van der Waals surface area (Å²) in [6.45, 7) is 2.01. The van der Waals surface area contributed by atoms with Crippen LogP contribution in [-0.2, 0) is 6.54 Å². The van der Waals surface area contributed by atoms with E-state index in [1.165, 1.54) is 24.5 Å². The molecule has 1 aromatic heterocycles. The Hall–Kier alpha value is -3.19. The van der Waals surface area contributed by atoms with Gasteiger partial charge in [0.15, 0.2) is 0 Å². The molecule has 7 heteroatoms. The van der Waals surface area contributed by atoms with Crippen LogP contribution in [0.5, 0.6) is 0 Å². The minimum Gasteiger partial charge on any atom is -0.467 e. The van der Waals surface area contributed by atoms with Crippen LogP contribution >= 0.6 is 15.9 Å². The van der Waals surface area contributed by atoms with E-state index in [0.717, 1.165) is 14.9 Å². The van der Waals surface area contributed by atoms with Gasteiger partial charge in [-0.3, -0.25) is 19.3 Å². The number of hydrogen-bond donors (Lipinski definition) is 1. The van der Waals surface area contributed by atoms with E-state index in [1.54, 1.807) is 18.2 Å². The molecule has 0 bridgehead atoms. The van der Waals surface area contributed by atoms with Crippen LogP contribution in [-0.4, -0.2) is 22.6 Å². The second-order valence-electron chi connectivity index (χ2n) is 6.47. The average molecular weight is 439 g/mol. The van der Waals surface area contributed by atoms with Crippen LogP contribution in [0.1, 0.15) is 42.4 Å². The fourth-order valence-electron chi connectivity index (χ4n) is 3.05. The number of nitrogens with zero attached hydrogens (tertiary/aromatic N) is 1. The minimum absolute atomic E-state index is 0.0528. The Morgan fingerprint density at radius 3 is 2.57 bits per heavy atom. The molecule has 6 nitrogen and oxygen atoms in total. The van der Waals surface area contributed by atoms with Gasteiger partial charge in [0.05, 0.1) is 29.6 Å². The molecule has 0 unspecified atom stereocenters. The van der Waals surface area contributed by atoms with Crippen LogP contribution < -0.4 is 5.32 Å². The van der Waals surface area contributed by atoms with E-state index >= 15 is 0 Å². The second kappa shape index (κ2) is 7.09. The van der Waals surface area contributed by atoms with Gasteiger partial charge in [0, 0.05) is 10.0 Å². The molecular weight excluding hydrogens is 424 g/mol. The molecular formula is C21H15BrN2O4.